The van der Waals surface area contributed by atoms with Gasteiger partial charge in [0.15, 0.2) is 0 Å². The van der Waals surface area contributed by atoms with Crippen molar-refractivity contribution in [1.82, 2.24) is 0 Å². The van der Waals surface area contributed by atoms with Gasteiger partial charge in [-0.2, -0.15) is 0 Å². The third kappa shape index (κ3) is 6.80. The highest BCUT2D eigenvalue weighted by molar-refractivity contribution is 5.91. The normalized spacial score (nSPS) is 12.6. The van der Waals surface area contributed by atoms with Crippen LogP contribution < -0.4 is 0 Å². The number of carbonyl (C=O) groups is 2. The number of carbonyl (C=O) groups excluding carboxylic acids is 2. The minimum absolute atomic E-state index is 0.0750. The molecule has 0 amide bonds. The van der Waals surface area contributed by atoms with Gasteiger partial charge >= 0.3 is 11.9 Å². The van der Waals surface area contributed by atoms with Crippen LogP contribution in [0, 0.1) is 0 Å². The minimum atomic E-state index is -0.282. The largest absolute Gasteiger partial charge is 0.459 e. The Morgan fingerprint density at radius 1 is 0.559 bits per heavy atom. The summed E-state index contributed by atoms with van der Waals surface area (Å²) in [7, 11) is 0. The molecule has 0 heterocycles. The van der Waals surface area contributed by atoms with E-state index in [1.165, 1.54) is 0 Å². The molecule has 0 radical (unpaired) electrons. The Hall–Kier alpha value is -3.40. The summed E-state index contributed by atoms with van der Waals surface area (Å²) in [4.78, 5) is 24.6. The van der Waals surface area contributed by atoms with Crippen LogP contribution >= 0.6 is 0 Å². The van der Waals surface area contributed by atoms with Crippen LogP contribution in [-0.4, -0.2) is 24.1 Å². The van der Waals surface area contributed by atoms with Gasteiger partial charge in [-0.05, 0) is 73.2 Å². The maximum absolute atomic E-state index is 12.3. The van der Waals surface area contributed by atoms with Crippen LogP contribution in [0.3, 0.4) is 0 Å². The molecule has 3 rings (SSSR count). The summed E-state index contributed by atoms with van der Waals surface area (Å²) in [5.41, 5.74) is 5.31. The summed E-state index contributed by atoms with van der Waals surface area (Å²) in [6.07, 6.45) is 3.54. The third-order valence-corrected chi connectivity index (χ3v) is 5.80. The van der Waals surface area contributed by atoms with Gasteiger partial charge in [-0.1, -0.05) is 75.2 Å². The maximum Gasteiger partial charge on any atom is 0.338 e. The Labute approximate surface area is 202 Å². The molecule has 4 heteroatoms. The van der Waals surface area contributed by atoms with E-state index in [4.69, 9.17) is 9.47 Å². The molecule has 0 fully saturated rings. The van der Waals surface area contributed by atoms with E-state index >= 15 is 0 Å². The number of hydrogen-bond acceptors (Lipinski definition) is 4. The van der Waals surface area contributed by atoms with Gasteiger partial charge in [-0.3, -0.25) is 0 Å². The molecule has 0 N–H and O–H groups in total. The molecular weight excluding hydrogens is 424 g/mol. The molecule has 0 aliphatic heterocycles. The van der Waals surface area contributed by atoms with Crippen molar-refractivity contribution in [2.24, 2.45) is 0 Å². The van der Waals surface area contributed by atoms with Gasteiger partial charge in [0, 0.05) is 0 Å². The fraction of sp³-hybridized carbons (Fsp3) is 0.333. The third-order valence-electron chi connectivity index (χ3n) is 5.80. The molecule has 3 aromatic carbocycles. The molecule has 0 saturated heterocycles. The monoisotopic (exact) mass is 458 g/mol. The van der Waals surface area contributed by atoms with Gasteiger partial charge in [-0.15, -0.1) is 0 Å². The quantitative estimate of drug-likeness (QED) is 0.292. The van der Waals surface area contributed by atoms with Crippen molar-refractivity contribution in [1.29, 1.82) is 0 Å². The Morgan fingerprint density at radius 2 is 0.824 bits per heavy atom. The first kappa shape index (κ1) is 25.2. The summed E-state index contributed by atoms with van der Waals surface area (Å²) in [6, 6.07) is 23.2. The van der Waals surface area contributed by atoms with Crippen LogP contribution in [0.25, 0.3) is 22.3 Å². The van der Waals surface area contributed by atoms with Gasteiger partial charge in [0.05, 0.1) is 23.3 Å². The average Bonchev–Trinajstić information content (AvgIpc) is 2.84. The van der Waals surface area contributed by atoms with Crippen molar-refractivity contribution in [2.45, 2.75) is 65.6 Å². The van der Waals surface area contributed by atoms with E-state index in [2.05, 4.69) is 38.1 Å². The van der Waals surface area contributed by atoms with Gasteiger partial charge in [0.2, 0.25) is 0 Å². The summed E-state index contributed by atoms with van der Waals surface area (Å²) in [6.45, 7) is 7.99. The van der Waals surface area contributed by atoms with Gasteiger partial charge in [0.25, 0.3) is 0 Å². The molecular formula is C30H34O4. The second-order valence-electron chi connectivity index (χ2n) is 8.74. The van der Waals surface area contributed by atoms with E-state index in [9.17, 15) is 9.59 Å². The zero-order valence-corrected chi connectivity index (χ0v) is 20.5. The zero-order valence-electron chi connectivity index (χ0n) is 20.5. The fourth-order valence-corrected chi connectivity index (χ4v) is 3.89. The molecule has 0 spiro atoms. The predicted octanol–water partition coefficient (Wildman–Crippen LogP) is 7.71. The smallest absolute Gasteiger partial charge is 0.338 e. The van der Waals surface area contributed by atoms with Gasteiger partial charge < -0.3 is 9.47 Å². The highest BCUT2D eigenvalue weighted by Crippen LogP contribution is 2.26. The first-order valence-corrected chi connectivity index (χ1v) is 12.1. The molecule has 34 heavy (non-hydrogen) atoms. The Bertz CT molecular complexity index is 978. The summed E-state index contributed by atoms with van der Waals surface area (Å²) >= 11 is 0. The van der Waals surface area contributed by atoms with Crippen LogP contribution in [-0.2, 0) is 9.47 Å². The standard InChI is InChI=1S/C30H34O4/c1-5-7-21(3)33-29(31)27-17-13-25(14-18-27)23-9-11-24(12-10-23)26-15-19-28(20-16-26)30(32)34-22(4)8-6-2/h9-22H,5-8H2,1-4H3. The average molecular weight is 459 g/mol. The molecule has 0 aliphatic carbocycles. The minimum Gasteiger partial charge on any atom is -0.459 e. The van der Waals surface area contributed by atoms with Gasteiger partial charge in [0.1, 0.15) is 0 Å². The van der Waals surface area contributed by atoms with Crippen molar-refractivity contribution < 1.29 is 19.1 Å². The Kier molecular flexibility index (Phi) is 9.03. The second-order valence-corrected chi connectivity index (χ2v) is 8.74. The molecule has 0 aromatic heterocycles. The van der Waals surface area contributed by atoms with Crippen LogP contribution in [0.15, 0.2) is 72.8 Å². The van der Waals surface area contributed by atoms with Crippen LogP contribution in [0.1, 0.15) is 74.1 Å². The lowest BCUT2D eigenvalue weighted by Gasteiger charge is -2.12. The number of rotatable bonds is 10. The molecule has 178 valence electrons. The van der Waals surface area contributed by atoms with Crippen LogP contribution in [0.4, 0.5) is 0 Å². The molecule has 0 aliphatic rings. The van der Waals surface area contributed by atoms with E-state index in [-0.39, 0.29) is 24.1 Å². The number of esters is 2. The number of benzene rings is 3. The van der Waals surface area contributed by atoms with Crippen molar-refractivity contribution in [3.8, 4) is 22.3 Å². The van der Waals surface area contributed by atoms with E-state index in [1.54, 1.807) is 0 Å². The predicted molar refractivity (Wildman–Crippen MR) is 137 cm³/mol. The zero-order chi connectivity index (χ0) is 24.5. The van der Waals surface area contributed by atoms with E-state index in [0.717, 1.165) is 47.9 Å². The molecule has 0 bridgehead atoms. The van der Waals surface area contributed by atoms with Gasteiger partial charge in [-0.25, -0.2) is 9.59 Å². The lowest BCUT2D eigenvalue weighted by Crippen LogP contribution is -2.14. The first-order chi connectivity index (χ1) is 16.4. The van der Waals surface area contributed by atoms with Crippen molar-refractivity contribution >= 4 is 11.9 Å². The maximum atomic E-state index is 12.3. The summed E-state index contributed by atoms with van der Waals surface area (Å²) in [5, 5.41) is 0. The summed E-state index contributed by atoms with van der Waals surface area (Å²) < 4.78 is 10.9. The van der Waals surface area contributed by atoms with Crippen molar-refractivity contribution in [3.63, 3.8) is 0 Å². The Morgan fingerprint density at radius 3 is 1.09 bits per heavy atom. The van der Waals surface area contributed by atoms with Crippen LogP contribution in [0.5, 0.6) is 0 Å². The molecule has 0 saturated carbocycles. The highest BCUT2D eigenvalue weighted by atomic mass is 16.5. The fourth-order valence-electron chi connectivity index (χ4n) is 3.89. The van der Waals surface area contributed by atoms with E-state index < -0.39 is 0 Å². The molecule has 2 atom stereocenters. The number of ether oxygens (including phenoxy) is 2. The molecule has 4 nitrogen and oxygen atoms in total. The van der Waals surface area contributed by atoms with Crippen molar-refractivity contribution in [2.75, 3.05) is 0 Å². The number of hydrogen-bond donors (Lipinski definition) is 0. The summed E-state index contributed by atoms with van der Waals surface area (Å²) in [5.74, 6) is -0.565. The lowest BCUT2D eigenvalue weighted by molar-refractivity contribution is 0.0313. The molecule has 2 unspecified atom stereocenters. The first-order valence-electron chi connectivity index (χ1n) is 12.1. The topological polar surface area (TPSA) is 52.6 Å². The molecule has 3 aromatic rings. The lowest BCUT2D eigenvalue weighted by atomic mass is 9.99. The van der Waals surface area contributed by atoms with Crippen molar-refractivity contribution in [3.05, 3.63) is 83.9 Å². The highest BCUT2D eigenvalue weighted by Gasteiger charge is 2.13. The SMILES string of the molecule is CCCC(C)OC(=O)c1ccc(-c2ccc(-c3ccc(C(=O)OC(C)CCC)cc3)cc2)cc1. The van der Waals surface area contributed by atoms with Crippen LogP contribution in [0.2, 0.25) is 0 Å². The van der Waals surface area contributed by atoms with E-state index in [1.807, 2.05) is 62.4 Å². The second kappa shape index (κ2) is 12.2. The Balaban J connectivity index is 1.64. The van der Waals surface area contributed by atoms with E-state index in [0.29, 0.717) is 11.1 Å².